The van der Waals surface area contributed by atoms with E-state index in [1.165, 1.54) is 12.1 Å². The Morgan fingerprint density at radius 3 is 2.14 bits per heavy atom. The van der Waals surface area contributed by atoms with Crippen molar-refractivity contribution in [1.29, 1.82) is 0 Å². The Kier molecular flexibility index (Phi) is 7.03. The van der Waals surface area contributed by atoms with Crippen molar-refractivity contribution in [2.24, 2.45) is 5.73 Å². The maximum absolute atomic E-state index is 13.0. The molecule has 2 aromatic rings. The second kappa shape index (κ2) is 9.27. The minimum atomic E-state index is -4.86. The molecule has 0 fully saturated rings. The number of ether oxygens (including phenoxy) is 3. The summed E-state index contributed by atoms with van der Waals surface area (Å²) in [5, 5.41) is 0. The smallest absolute Gasteiger partial charge is 0.387 e. The van der Waals surface area contributed by atoms with Crippen molar-refractivity contribution in [3.63, 3.8) is 0 Å². The highest BCUT2D eigenvalue weighted by molar-refractivity contribution is 7.93. The van der Waals surface area contributed by atoms with Crippen molar-refractivity contribution in [2.75, 3.05) is 17.5 Å². The van der Waals surface area contributed by atoms with Gasteiger partial charge in [0, 0.05) is 0 Å². The molecule has 2 N–H and O–H groups in total. The number of amides is 2. The molecular weight excluding hydrogens is 416 g/mol. The molecule has 1 heterocycles. The lowest BCUT2D eigenvalue weighted by Gasteiger charge is -2.20. The molecule has 0 bridgehead atoms. The van der Waals surface area contributed by atoms with E-state index in [-0.39, 0.29) is 29.5 Å². The van der Waals surface area contributed by atoms with Gasteiger partial charge in [-0.15, -0.1) is 9.29 Å². The van der Waals surface area contributed by atoms with Crippen LogP contribution in [0.15, 0.2) is 29.2 Å². The van der Waals surface area contributed by atoms with Crippen LogP contribution in [0.25, 0.3) is 0 Å². The van der Waals surface area contributed by atoms with Crippen LogP contribution in [0.2, 0.25) is 0 Å². The molecule has 0 radical (unpaired) electrons. The standard InChI is InChI=1S/C15H17F2N5O6S/c1-3-26-14-19-13(20-15(21-14)27-4-2)22(12(18)23)29(24,25)10-8-6-5-7-9(10)28-11(16)17/h5-8,11H,3-4H2,1-2H3,(H2,18,23). The molecule has 0 spiro atoms. The van der Waals surface area contributed by atoms with Crippen LogP contribution in [0.5, 0.6) is 17.8 Å². The number of rotatable bonds is 9. The summed E-state index contributed by atoms with van der Waals surface area (Å²) in [4.78, 5) is 22.5. The lowest BCUT2D eigenvalue weighted by atomic mass is 10.3. The number of aromatic nitrogens is 3. The molecule has 0 atom stereocenters. The van der Waals surface area contributed by atoms with Crippen LogP contribution in [0.1, 0.15) is 13.8 Å². The second-order valence-electron chi connectivity index (χ2n) is 5.00. The topological polar surface area (TPSA) is 147 Å². The number of anilines is 1. The van der Waals surface area contributed by atoms with Gasteiger partial charge < -0.3 is 19.9 Å². The first-order valence-electron chi connectivity index (χ1n) is 8.11. The summed E-state index contributed by atoms with van der Waals surface area (Å²) < 4.78 is 65.9. The molecule has 0 unspecified atom stereocenters. The van der Waals surface area contributed by atoms with E-state index in [1.807, 2.05) is 0 Å². The molecule has 0 saturated carbocycles. The van der Waals surface area contributed by atoms with Gasteiger partial charge in [0.25, 0.3) is 16.0 Å². The van der Waals surface area contributed by atoms with Crippen LogP contribution < -0.4 is 24.2 Å². The minimum Gasteiger partial charge on any atom is -0.464 e. The van der Waals surface area contributed by atoms with E-state index in [1.54, 1.807) is 13.8 Å². The van der Waals surface area contributed by atoms with Gasteiger partial charge in [-0.05, 0) is 26.0 Å². The number of carbonyl (C=O) groups is 1. The third-order valence-corrected chi connectivity index (χ3v) is 4.81. The Bertz CT molecular complexity index is 951. The van der Waals surface area contributed by atoms with Crippen LogP contribution in [-0.4, -0.2) is 49.2 Å². The van der Waals surface area contributed by atoms with E-state index >= 15 is 0 Å². The Morgan fingerprint density at radius 2 is 1.66 bits per heavy atom. The third kappa shape index (κ3) is 5.16. The van der Waals surface area contributed by atoms with Crippen molar-refractivity contribution in [2.45, 2.75) is 25.4 Å². The zero-order valence-corrected chi connectivity index (χ0v) is 16.1. The number of nitrogens with zero attached hydrogens (tertiary/aromatic N) is 4. The first kappa shape index (κ1) is 22.0. The molecule has 158 valence electrons. The lowest BCUT2D eigenvalue weighted by molar-refractivity contribution is -0.0517. The summed E-state index contributed by atoms with van der Waals surface area (Å²) in [5.74, 6) is -1.44. The maximum atomic E-state index is 13.0. The zero-order valence-electron chi connectivity index (χ0n) is 15.3. The lowest BCUT2D eigenvalue weighted by Crippen LogP contribution is -2.42. The van der Waals surface area contributed by atoms with Crippen molar-refractivity contribution in [1.82, 2.24) is 15.0 Å². The Balaban J connectivity index is 2.64. The van der Waals surface area contributed by atoms with Crippen molar-refractivity contribution in [3.05, 3.63) is 24.3 Å². The Hall–Kier alpha value is -3.29. The fourth-order valence-electron chi connectivity index (χ4n) is 2.09. The average molecular weight is 433 g/mol. The predicted molar refractivity (Wildman–Crippen MR) is 94.5 cm³/mol. The number of nitrogens with two attached hydrogens (primary N) is 1. The van der Waals surface area contributed by atoms with Gasteiger partial charge >= 0.3 is 24.7 Å². The van der Waals surface area contributed by atoms with E-state index in [0.29, 0.717) is 0 Å². The van der Waals surface area contributed by atoms with Crippen LogP contribution in [0.3, 0.4) is 0 Å². The number of para-hydroxylation sites is 1. The van der Waals surface area contributed by atoms with Gasteiger partial charge in [0.05, 0.1) is 13.2 Å². The molecule has 29 heavy (non-hydrogen) atoms. The highest BCUT2D eigenvalue weighted by atomic mass is 32.2. The summed E-state index contributed by atoms with van der Waals surface area (Å²) in [6.07, 6.45) is 0. The van der Waals surface area contributed by atoms with Gasteiger partial charge in [-0.2, -0.15) is 18.7 Å². The van der Waals surface area contributed by atoms with E-state index in [0.717, 1.165) is 12.1 Å². The van der Waals surface area contributed by atoms with E-state index in [4.69, 9.17) is 15.2 Å². The normalized spacial score (nSPS) is 11.2. The first-order valence-corrected chi connectivity index (χ1v) is 9.55. The number of hydrogen-bond acceptors (Lipinski definition) is 9. The monoisotopic (exact) mass is 433 g/mol. The van der Waals surface area contributed by atoms with Gasteiger partial charge in [-0.3, -0.25) is 0 Å². The summed E-state index contributed by atoms with van der Waals surface area (Å²) in [5.41, 5.74) is 5.23. The molecular formula is C15H17F2N5O6S. The highest BCUT2D eigenvalue weighted by Gasteiger charge is 2.35. The van der Waals surface area contributed by atoms with Gasteiger partial charge in [0.2, 0.25) is 0 Å². The molecule has 0 aliphatic rings. The summed E-state index contributed by atoms with van der Waals surface area (Å²) in [6, 6.07) is 2.29. The second-order valence-corrected chi connectivity index (χ2v) is 6.75. The molecule has 11 nitrogen and oxygen atoms in total. The number of carbonyl (C=O) groups excluding carboxylic acids is 1. The molecule has 0 saturated heterocycles. The number of urea groups is 1. The number of sulfonamides is 1. The summed E-state index contributed by atoms with van der Waals surface area (Å²) in [7, 11) is -4.86. The SMILES string of the molecule is CCOc1nc(OCC)nc(N(C(N)=O)S(=O)(=O)c2ccccc2OC(F)F)n1. The zero-order chi connectivity index (χ0) is 21.6. The molecule has 14 heteroatoms. The molecule has 2 rings (SSSR count). The number of halogens is 2. The van der Waals surface area contributed by atoms with Crippen molar-refractivity contribution in [3.8, 4) is 17.8 Å². The van der Waals surface area contributed by atoms with E-state index in [2.05, 4.69) is 19.7 Å². The molecule has 1 aromatic carbocycles. The highest BCUT2D eigenvalue weighted by Crippen LogP contribution is 2.30. The molecule has 0 aliphatic carbocycles. The van der Waals surface area contributed by atoms with E-state index < -0.39 is 39.3 Å². The van der Waals surface area contributed by atoms with Crippen LogP contribution in [0, 0.1) is 0 Å². The minimum absolute atomic E-state index is 0.00732. The fourth-order valence-corrected chi connectivity index (χ4v) is 3.44. The van der Waals surface area contributed by atoms with Gasteiger partial charge in [0.15, 0.2) is 0 Å². The number of benzene rings is 1. The quantitative estimate of drug-likeness (QED) is 0.622. The van der Waals surface area contributed by atoms with Crippen LogP contribution >= 0.6 is 0 Å². The molecule has 1 aromatic heterocycles. The number of primary amides is 1. The van der Waals surface area contributed by atoms with Crippen molar-refractivity contribution >= 4 is 22.0 Å². The first-order chi connectivity index (χ1) is 13.7. The summed E-state index contributed by atoms with van der Waals surface area (Å²) >= 11 is 0. The van der Waals surface area contributed by atoms with Gasteiger partial charge in [-0.25, -0.2) is 13.2 Å². The number of hydrogen-bond donors (Lipinski definition) is 1. The number of alkyl halides is 2. The van der Waals surface area contributed by atoms with Crippen molar-refractivity contribution < 1.29 is 36.2 Å². The molecule has 0 aliphatic heterocycles. The van der Waals surface area contributed by atoms with Crippen LogP contribution in [0.4, 0.5) is 19.5 Å². The predicted octanol–water partition coefficient (Wildman–Crippen LogP) is 1.54. The third-order valence-electron chi connectivity index (χ3n) is 3.09. The van der Waals surface area contributed by atoms with E-state index in [9.17, 15) is 22.0 Å². The van der Waals surface area contributed by atoms with Gasteiger partial charge in [-0.1, -0.05) is 12.1 Å². The summed E-state index contributed by atoms with van der Waals surface area (Å²) in [6.45, 7) is 0.154. The largest absolute Gasteiger partial charge is 0.464 e. The maximum Gasteiger partial charge on any atom is 0.387 e. The van der Waals surface area contributed by atoms with Crippen LogP contribution in [-0.2, 0) is 10.0 Å². The fraction of sp³-hybridized carbons (Fsp3) is 0.333. The molecule has 2 amide bonds. The Morgan fingerprint density at radius 1 is 1.10 bits per heavy atom. The van der Waals surface area contributed by atoms with Gasteiger partial charge in [0.1, 0.15) is 10.6 Å². The Labute approximate surface area is 164 Å². The average Bonchev–Trinajstić information content (AvgIpc) is 2.61.